The highest BCUT2D eigenvalue weighted by atomic mass is 15.1. The average molecular weight is 298 g/mol. The summed E-state index contributed by atoms with van der Waals surface area (Å²) in [5, 5.41) is 17.2. The van der Waals surface area contributed by atoms with Crippen molar-refractivity contribution in [2.75, 3.05) is 0 Å². The van der Waals surface area contributed by atoms with Crippen molar-refractivity contribution in [2.24, 2.45) is 0 Å². The Morgan fingerprint density at radius 1 is 1.23 bits per heavy atom. The number of nitriles is 2. The van der Waals surface area contributed by atoms with Gasteiger partial charge in [-0.05, 0) is 20.8 Å². The molecule has 0 saturated heterocycles. The van der Waals surface area contributed by atoms with Gasteiger partial charge in [0, 0.05) is 24.7 Å². The topological polar surface area (TPSA) is 94.1 Å². The van der Waals surface area contributed by atoms with Crippen molar-refractivity contribution in [3.8, 4) is 12.3 Å². The zero-order valence-electron chi connectivity index (χ0n) is 13.8. The minimum absolute atomic E-state index is 0.110. The van der Waals surface area contributed by atoms with Gasteiger partial charge in [0.1, 0.15) is 11.6 Å². The summed E-state index contributed by atoms with van der Waals surface area (Å²) >= 11 is 0. The van der Waals surface area contributed by atoms with Crippen LogP contribution in [0.4, 0.5) is 0 Å². The molecule has 1 unspecified atom stereocenters. The maximum absolute atomic E-state index is 8.69. The Bertz CT molecular complexity index is 695. The largest absolute Gasteiger partial charge is 0.346 e. The van der Waals surface area contributed by atoms with Crippen LogP contribution in [-0.4, -0.2) is 19.5 Å². The number of rotatable bonds is 3. The molecule has 2 heterocycles. The summed E-state index contributed by atoms with van der Waals surface area (Å²) in [7, 11) is 0. The van der Waals surface area contributed by atoms with Crippen LogP contribution >= 0.6 is 0 Å². The lowest BCUT2D eigenvalue weighted by Crippen LogP contribution is -1.93. The fourth-order valence-electron chi connectivity index (χ4n) is 2.07. The van der Waals surface area contributed by atoms with Crippen molar-refractivity contribution in [1.29, 1.82) is 10.5 Å². The van der Waals surface area contributed by atoms with Gasteiger partial charge in [-0.25, -0.2) is 14.5 Å². The first-order valence-corrected chi connectivity index (χ1v) is 7.36. The molecule has 1 N–H and O–H groups in total. The zero-order valence-corrected chi connectivity index (χ0v) is 13.8. The molecule has 0 aromatic carbocycles. The van der Waals surface area contributed by atoms with Crippen molar-refractivity contribution in [3.05, 3.63) is 34.9 Å². The summed E-state index contributed by atoms with van der Waals surface area (Å²) in [6.45, 7) is 9.72. The number of imidazole rings is 2. The average Bonchev–Trinajstić information content (AvgIpc) is 3.09. The Morgan fingerprint density at radius 3 is 2.32 bits per heavy atom. The van der Waals surface area contributed by atoms with Crippen LogP contribution in [0.15, 0.2) is 6.20 Å². The van der Waals surface area contributed by atoms with E-state index in [2.05, 4.69) is 21.0 Å². The van der Waals surface area contributed by atoms with Gasteiger partial charge in [0.15, 0.2) is 6.19 Å². The van der Waals surface area contributed by atoms with Gasteiger partial charge in [-0.15, -0.1) is 0 Å². The number of aromatic amines is 1. The summed E-state index contributed by atoms with van der Waals surface area (Å²) < 4.78 is 1.50. The second kappa shape index (κ2) is 7.99. The highest BCUT2D eigenvalue weighted by Crippen LogP contribution is 2.15. The molecule has 2 aromatic rings. The molecule has 6 heteroatoms. The van der Waals surface area contributed by atoms with Gasteiger partial charge in [0.25, 0.3) is 0 Å². The molecular formula is C16H22N6. The Balaban J connectivity index is 0.000000224. The Labute approximate surface area is 131 Å². The molecule has 0 aliphatic heterocycles. The SMILES string of the molecule is CCc1nc(C(C)C#N)c(C)[nH]1.CCc1nc(C)cn1C#N. The number of hydrogen-bond donors (Lipinski definition) is 1. The van der Waals surface area contributed by atoms with Crippen molar-refractivity contribution >= 4 is 0 Å². The standard InChI is InChI=1S/C9H13N3.C7H9N3/c1-4-8-11-7(3)9(12-8)6(2)5-10;1-3-7-9-6(2)4-10(7)5-8/h6H,4H2,1-3H3,(H,11,12);4H,3H2,1-2H3. The van der Waals surface area contributed by atoms with Gasteiger partial charge >= 0.3 is 0 Å². The molecule has 1 atom stereocenters. The minimum atomic E-state index is -0.110. The Kier molecular flexibility index (Phi) is 6.34. The molecule has 2 rings (SSSR count). The molecule has 0 spiro atoms. The summed E-state index contributed by atoms with van der Waals surface area (Å²) in [5.41, 5.74) is 2.80. The molecule has 6 nitrogen and oxygen atoms in total. The van der Waals surface area contributed by atoms with E-state index in [9.17, 15) is 0 Å². The molecule has 0 bridgehead atoms. The lowest BCUT2D eigenvalue weighted by Gasteiger charge is -1.96. The minimum Gasteiger partial charge on any atom is -0.346 e. The smallest absolute Gasteiger partial charge is 0.189 e. The molecule has 0 aliphatic rings. The third-order valence-corrected chi connectivity index (χ3v) is 3.23. The summed E-state index contributed by atoms with van der Waals surface area (Å²) in [4.78, 5) is 11.6. The van der Waals surface area contributed by atoms with E-state index in [1.165, 1.54) is 4.57 Å². The number of aromatic nitrogens is 4. The molecule has 0 radical (unpaired) electrons. The first kappa shape index (κ1) is 17.5. The van der Waals surface area contributed by atoms with Crippen molar-refractivity contribution < 1.29 is 0 Å². The van der Waals surface area contributed by atoms with Crippen LogP contribution in [0.1, 0.15) is 55.4 Å². The van der Waals surface area contributed by atoms with Crippen LogP contribution in [0.25, 0.3) is 0 Å². The summed E-state index contributed by atoms with van der Waals surface area (Å²) in [5.74, 6) is 1.69. The highest BCUT2D eigenvalue weighted by molar-refractivity contribution is 5.22. The monoisotopic (exact) mass is 298 g/mol. The van der Waals surface area contributed by atoms with Crippen molar-refractivity contribution in [2.45, 2.75) is 53.4 Å². The maximum atomic E-state index is 8.69. The van der Waals surface area contributed by atoms with Gasteiger partial charge < -0.3 is 4.98 Å². The van der Waals surface area contributed by atoms with E-state index < -0.39 is 0 Å². The molecule has 22 heavy (non-hydrogen) atoms. The summed E-state index contributed by atoms with van der Waals surface area (Å²) in [6.07, 6.45) is 5.45. The van der Waals surface area contributed by atoms with Crippen molar-refractivity contribution in [3.63, 3.8) is 0 Å². The molecule has 0 saturated carbocycles. The van der Waals surface area contributed by atoms with E-state index in [0.717, 1.165) is 41.6 Å². The van der Waals surface area contributed by atoms with Gasteiger partial charge in [-0.1, -0.05) is 13.8 Å². The quantitative estimate of drug-likeness (QED) is 0.942. The maximum Gasteiger partial charge on any atom is 0.189 e. The Morgan fingerprint density at radius 2 is 1.91 bits per heavy atom. The second-order valence-corrected chi connectivity index (χ2v) is 5.02. The summed E-state index contributed by atoms with van der Waals surface area (Å²) in [6, 6.07) is 2.18. The van der Waals surface area contributed by atoms with E-state index in [1.807, 2.05) is 40.8 Å². The lowest BCUT2D eigenvalue weighted by atomic mass is 10.1. The van der Waals surface area contributed by atoms with Gasteiger partial charge in [-0.2, -0.15) is 10.5 Å². The van der Waals surface area contributed by atoms with Crippen molar-refractivity contribution in [1.82, 2.24) is 19.5 Å². The van der Waals surface area contributed by atoms with Gasteiger partial charge in [-0.3, -0.25) is 0 Å². The number of nitrogens with one attached hydrogen (secondary N) is 1. The van der Waals surface area contributed by atoms with Gasteiger partial charge in [0.2, 0.25) is 0 Å². The van der Waals surface area contributed by atoms with E-state index >= 15 is 0 Å². The number of aryl methyl sites for hydroxylation is 4. The molecule has 0 amide bonds. The fraction of sp³-hybridized carbons (Fsp3) is 0.500. The predicted octanol–water partition coefficient (Wildman–Crippen LogP) is 2.99. The van der Waals surface area contributed by atoms with E-state index in [1.54, 1.807) is 6.20 Å². The van der Waals surface area contributed by atoms with Crippen LogP contribution < -0.4 is 0 Å². The second-order valence-electron chi connectivity index (χ2n) is 5.02. The number of H-pyrrole nitrogens is 1. The van der Waals surface area contributed by atoms with Crippen LogP contribution in [0, 0.1) is 36.6 Å². The molecule has 2 aromatic heterocycles. The van der Waals surface area contributed by atoms with Gasteiger partial charge in [0.05, 0.1) is 23.4 Å². The number of hydrogen-bond acceptors (Lipinski definition) is 4. The van der Waals surface area contributed by atoms with E-state index in [-0.39, 0.29) is 5.92 Å². The first-order chi connectivity index (χ1) is 10.5. The molecule has 0 aliphatic carbocycles. The lowest BCUT2D eigenvalue weighted by molar-refractivity contribution is 0.900. The highest BCUT2D eigenvalue weighted by Gasteiger charge is 2.11. The van der Waals surface area contributed by atoms with E-state index in [0.29, 0.717) is 0 Å². The van der Waals surface area contributed by atoms with Crippen LogP contribution in [0.3, 0.4) is 0 Å². The molecular weight excluding hydrogens is 276 g/mol. The number of nitrogens with zero attached hydrogens (tertiary/aromatic N) is 5. The zero-order chi connectivity index (χ0) is 16.7. The first-order valence-electron chi connectivity index (χ1n) is 7.36. The van der Waals surface area contributed by atoms with Crippen LogP contribution in [0.2, 0.25) is 0 Å². The third kappa shape index (κ3) is 4.20. The van der Waals surface area contributed by atoms with E-state index in [4.69, 9.17) is 10.5 Å². The molecule has 0 fully saturated rings. The normalized spacial score (nSPS) is 11.0. The fourth-order valence-corrected chi connectivity index (χ4v) is 2.07. The van der Waals surface area contributed by atoms with Crippen LogP contribution in [-0.2, 0) is 12.8 Å². The third-order valence-electron chi connectivity index (χ3n) is 3.23. The molecule has 116 valence electrons. The predicted molar refractivity (Wildman–Crippen MR) is 84.1 cm³/mol. The Hall–Kier alpha value is -2.60. The van der Waals surface area contributed by atoms with Crippen LogP contribution in [0.5, 0.6) is 0 Å².